The van der Waals surface area contributed by atoms with Crippen molar-refractivity contribution in [2.45, 2.75) is 45.1 Å². The summed E-state index contributed by atoms with van der Waals surface area (Å²) in [6.07, 6.45) is 5.22. The van der Waals surface area contributed by atoms with Crippen molar-refractivity contribution in [2.75, 3.05) is 11.9 Å². The maximum Gasteiger partial charge on any atom is 0.139 e. The van der Waals surface area contributed by atoms with E-state index in [0.29, 0.717) is 5.92 Å². The highest BCUT2D eigenvalue weighted by atomic mass is 79.9. The van der Waals surface area contributed by atoms with Crippen molar-refractivity contribution in [3.05, 3.63) is 28.1 Å². The lowest BCUT2D eigenvalue weighted by atomic mass is 10.0. The van der Waals surface area contributed by atoms with Gasteiger partial charge < -0.3 is 5.32 Å². The normalized spacial score (nSPS) is 19.1. The topological polar surface area (TPSA) is 47.7 Å². The van der Waals surface area contributed by atoms with Crippen molar-refractivity contribution in [1.82, 2.24) is 19.6 Å². The van der Waals surface area contributed by atoms with Gasteiger partial charge in [-0.2, -0.15) is 10.2 Å². The highest BCUT2D eigenvalue weighted by molar-refractivity contribution is 9.10. The van der Waals surface area contributed by atoms with Gasteiger partial charge in [-0.15, -0.1) is 0 Å². The first kappa shape index (κ1) is 14.6. The molecule has 2 atom stereocenters. The minimum atomic E-state index is 0.257. The van der Waals surface area contributed by atoms with Gasteiger partial charge in [0.05, 0.1) is 21.9 Å². The van der Waals surface area contributed by atoms with Crippen molar-refractivity contribution < 1.29 is 0 Å². The van der Waals surface area contributed by atoms with Crippen molar-refractivity contribution in [2.24, 2.45) is 7.05 Å². The maximum absolute atomic E-state index is 4.91. The molecular weight excluding hydrogens is 330 g/mol. The number of fused-ring (bicyclic) bond motifs is 1. The third-order valence-electron chi connectivity index (χ3n) is 4.27. The number of rotatable bonds is 4. The van der Waals surface area contributed by atoms with Gasteiger partial charge in [-0.1, -0.05) is 20.3 Å². The van der Waals surface area contributed by atoms with Crippen LogP contribution in [0, 0.1) is 0 Å². The summed E-state index contributed by atoms with van der Waals surface area (Å²) in [5.41, 5.74) is 2.37. The molecule has 0 fully saturated rings. The quantitative estimate of drug-likeness (QED) is 0.913. The Labute approximate surface area is 133 Å². The first-order chi connectivity index (χ1) is 10.1. The molecule has 2 aromatic heterocycles. The standard InChI is InChI=1S/C15H22BrN5/c1-4-5-10(2)14-13(16)15-17-8-6-12(21(15)19-14)11-7-9-18-20(11)3/h7,9-10,12,17H,4-6,8H2,1-3H3. The summed E-state index contributed by atoms with van der Waals surface area (Å²) in [6, 6.07) is 2.34. The molecule has 6 heteroatoms. The molecular formula is C15H22BrN5. The Morgan fingerprint density at radius 2 is 2.33 bits per heavy atom. The number of anilines is 1. The number of hydrogen-bond acceptors (Lipinski definition) is 3. The van der Waals surface area contributed by atoms with Crippen LogP contribution in [0.2, 0.25) is 0 Å². The molecule has 0 saturated heterocycles. The molecule has 0 radical (unpaired) electrons. The predicted molar refractivity (Wildman–Crippen MR) is 87.7 cm³/mol. The van der Waals surface area contributed by atoms with Crippen LogP contribution in [0.1, 0.15) is 56.5 Å². The third kappa shape index (κ3) is 2.50. The number of aryl methyl sites for hydroxylation is 1. The monoisotopic (exact) mass is 351 g/mol. The smallest absolute Gasteiger partial charge is 0.139 e. The molecule has 1 N–H and O–H groups in total. The molecule has 5 nitrogen and oxygen atoms in total. The molecule has 0 saturated carbocycles. The second-order valence-electron chi connectivity index (χ2n) is 5.79. The summed E-state index contributed by atoms with van der Waals surface area (Å²) in [5, 5.41) is 12.7. The fraction of sp³-hybridized carbons (Fsp3) is 0.600. The van der Waals surface area contributed by atoms with Crippen molar-refractivity contribution in [3.8, 4) is 0 Å². The zero-order chi connectivity index (χ0) is 15.0. The Morgan fingerprint density at radius 3 is 3.00 bits per heavy atom. The average Bonchev–Trinajstić information content (AvgIpc) is 3.03. The van der Waals surface area contributed by atoms with Crippen molar-refractivity contribution in [3.63, 3.8) is 0 Å². The largest absolute Gasteiger partial charge is 0.369 e. The molecule has 0 aliphatic carbocycles. The average molecular weight is 352 g/mol. The second-order valence-corrected chi connectivity index (χ2v) is 6.59. The van der Waals surface area contributed by atoms with Crippen molar-refractivity contribution in [1.29, 1.82) is 0 Å². The van der Waals surface area contributed by atoms with Gasteiger partial charge in [0.15, 0.2) is 0 Å². The Bertz CT molecular complexity index is 630. The fourth-order valence-corrected chi connectivity index (χ4v) is 3.93. The second kappa shape index (κ2) is 5.83. The predicted octanol–water partition coefficient (Wildman–Crippen LogP) is 3.69. The lowest BCUT2D eigenvalue weighted by Crippen LogP contribution is -2.26. The Kier molecular flexibility index (Phi) is 4.06. The van der Waals surface area contributed by atoms with Gasteiger partial charge in [0, 0.05) is 25.7 Å². The summed E-state index contributed by atoms with van der Waals surface area (Å²) < 4.78 is 5.20. The SMILES string of the molecule is CCCC(C)c1nn2c(c1Br)NCCC2c1ccnn1C. The Hall–Kier alpha value is -1.30. The fourth-order valence-electron chi connectivity index (χ4n) is 3.13. The minimum absolute atomic E-state index is 0.257. The molecule has 3 rings (SSSR count). The van der Waals surface area contributed by atoms with E-state index in [2.05, 4.69) is 50.9 Å². The maximum atomic E-state index is 4.91. The number of nitrogens with zero attached hydrogens (tertiary/aromatic N) is 4. The van der Waals surface area contributed by atoms with Crippen LogP contribution in [0.4, 0.5) is 5.82 Å². The van der Waals surface area contributed by atoms with Gasteiger partial charge in [-0.05, 0) is 34.8 Å². The number of nitrogens with one attached hydrogen (secondary N) is 1. The van der Waals surface area contributed by atoms with Crippen LogP contribution in [0.15, 0.2) is 16.7 Å². The van der Waals surface area contributed by atoms with E-state index in [-0.39, 0.29) is 6.04 Å². The summed E-state index contributed by atoms with van der Waals surface area (Å²) in [7, 11) is 2.00. The lowest BCUT2D eigenvalue weighted by molar-refractivity contribution is 0.446. The minimum Gasteiger partial charge on any atom is -0.369 e. The van der Waals surface area contributed by atoms with E-state index in [1.165, 1.54) is 12.1 Å². The summed E-state index contributed by atoms with van der Waals surface area (Å²) in [6.45, 7) is 5.43. The molecule has 21 heavy (non-hydrogen) atoms. The molecule has 0 amide bonds. The summed E-state index contributed by atoms with van der Waals surface area (Å²) >= 11 is 3.75. The molecule has 114 valence electrons. The van der Waals surface area contributed by atoms with E-state index in [4.69, 9.17) is 5.10 Å². The van der Waals surface area contributed by atoms with Gasteiger partial charge in [0.1, 0.15) is 5.82 Å². The molecule has 1 aliphatic rings. The van der Waals surface area contributed by atoms with Gasteiger partial charge in [-0.3, -0.25) is 4.68 Å². The van der Waals surface area contributed by atoms with E-state index in [1.807, 2.05) is 17.9 Å². The summed E-state index contributed by atoms with van der Waals surface area (Å²) in [4.78, 5) is 0. The van der Waals surface area contributed by atoms with Gasteiger partial charge >= 0.3 is 0 Å². The molecule has 0 aromatic carbocycles. The molecule has 3 heterocycles. The number of halogens is 1. The van der Waals surface area contributed by atoms with Gasteiger partial charge in [-0.25, -0.2) is 4.68 Å². The van der Waals surface area contributed by atoms with Crippen LogP contribution in [-0.2, 0) is 7.05 Å². The zero-order valence-corrected chi connectivity index (χ0v) is 14.4. The van der Waals surface area contributed by atoms with Crippen molar-refractivity contribution >= 4 is 21.7 Å². The van der Waals surface area contributed by atoms with E-state index < -0.39 is 0 Å². The number of hydrogen-bond donors (Lipinski definition) is 1. The highest BCUT2D eigenvalue weighted by Crippen LogP contribution is 2.39. The number of aromatic nitrogens is 4. The Balaban J connectivity index is 2.02. The molecule has 0 bridgehead atoms. The van der Waals surface area contributed by atoms with E-state index >= 15 is 0 Å². The van der Waals surface area contributed by atoms with E-state index in [1.54, 1.807) is 0 Å². The molecule has 1 aliphatic heterocycles. The first-order valence-corrected chi connectivity index (χ1v) is 8.42. The highest BCUT2D eigenvalue weighted by Gasteiger charge is 2.29. The molecule has 2 unspecified atom stereocenters. The van der Waals surface area contributed by atoms with Crippen LogP contribution in [0.3, 0.4) is 0 Å². The zero-order valence-electron chi connectivity index (χ0n) is 12.8. The van der Waals surface area contributed by atoms with Crippen LogP contribution < -0.4 is 5.32 Å². The van der Waals surface area contributed by atoms with E-state index in [0.717, 1.165) is 35.4 Å². The van der Waals surface area contributed by atoms with Crippen LogP contribution in [0.5, 0.6) is 0 Å². The molecule has 0 spiro atoms. The van der Waals surface area contributed by atoms with Crippen LogP contribution in [0.25, 0.3) is 0 Å². The Morgan fingerprint density at radius 1 is 1.52 bits per heavy atom. The first-order valence-electron chi connectivity index (χ1n) is 7.63. The van der Waals surface area contributed by atoms with Gasteiger partial charge in [0.2, 0.25) is 0 Å². The van der Waals surface area contributed by atoms with Gasteiger partial charge in [0.25, 0.3) is 0 Å². The third-order valence-corrected chi connectivity index (χ3v) is 5.05. The lowest BCUT2D eigenvalue weighted by Gasteiger charge is -2.25. The summed E-state index contributed by atoms with van der Waals surface area (Å²) in [5.74, 6) is 1.57. The van der Waals surface area contributed by atoms with Crippen LogP contribution >= 0.6 is 15.9 Å². The van der Waals surface area contributed by atoms with E-state index in [9.17, 15) is 0 Å². The molecule has 2 aromatic rings. The van der Waals surface area contributed by atoms with Crippen LogP contribution in [-0.4, -0.2) is 26.1 Å².